The number of amides is 3. The quantitative estimate of drug-likeness (QED) is 0.288. The van der Waals surface area contributed by atoms with Gasteiger partial charge < -0.3 is 14.8 Å². The van der Waals surface area contributed by atoms with Crippen LogP contribution in [0.2, 0.25) is 5.02 Å². The molecule has 1 fully saturated rings. The van der Waals surface area contributed by atoms with Crippen molar-refractivity contribution in [2.24, 2.45) is 0 Å². The zero-order valence-corrected chi connectivity index (χ0v) is 21.7. The first kappa shape index (κ1) is 26.2. The molecular formula is C27H23ClN2O6S. The predicted molar refractivity (Wildman–Crippen MR) is 144 cm³/mol. The Morgan fingerprint density at radius 3 is 2.57 bits per heavy atom. The Bertz CT molecular complexity index is 1440. The molecule has 8 nitrogen and oxygen atoms in total. The molecule has 0 bridgehead atoms. The number of esters is 1. The van der Waals surface area contributed by atoms with Crippen LogP contribution in [0.5, 0.6) is 5.75 Å². The van der Waals surface area contributed by atoms with E-state index in [1.807, 2.05) is 37.3 Å². The van der Waals surface area contributed by atoms with Gasteiger partial charge in [-0.3, -0.25) is 19.3 Å². The van der Waals surface area contributed by atoms with Crippen molar-refractivity contribution in [1.82, 2.24) is 4.90 Å². The molecule has 4 rings (SSSR count). The lowest BCUT2D eigenvalue weighted by Crippen LogP contribution is -2.36. The minimum atomic E-state index is -0.606. The zero-order valence-electron chi connectivity index (χ0n) is 20.1. The largest absolute Gasteiger partial charge is 0.496 e. The minimum absolute atomic E-state index is 0.105. The monoisotopic (exact) mass is 538 g/mol. The zero-order chi connectivity index (χ0) is 26.5. The van der Waals surface area contributed by atoms with Crippen LogP contribution in [0.3, 0.4) is 0 Å². The molecule has 1 heterocycles. The number of halogens is 1. The summed E-state index contributed by atoms with van der Waals surface area (Å²) < 4.78 is 10.5. The number of hydrogen-bond donors (Lipinski definition) is 1. The van der Waals surface area contributed by atoms with Crippen LogP contribution in [-0.4, -0.2) is 48.2 Å². The average Bonchev–Trinajstić information content (AvgIpc) is 3.15. The molecule has 1 N–H and O–H groups in total. The van der Waals surface area contributed by atoms with E-state index in [0.717, 1.165) is 33.0 Å². The third-order valence-corrected chi connectivity index (χ3v) is 6.74. The summed E-state index contributed by atoms with van der Waals surface area (Å²) in [6.07, 6.45) is 2.29. The van der Waals surface area contributed by atoms with Gasteiger partial charge in [0.05, 0.1) is 29.2 Å². The van der Waals surface area contributed by atoms with Gasteiger partial charge in [-0.1, -0.05) is 48.9 Å². The predicted octanol–water partition coefficient (Wildman–Crippen LogP) is 5.74. The number of benzene rings is 3. The molecule has 1 aliphatic rings. The number of fused-ring (bicyclic) bond motifs is 1. The van der Waals surface area contributed by atoms with Crippen LogP contribution in [0.25, 0.3) is 16.8 Å². The highest BCUT2D eigenvalue weighted by Crippen LogP contribution is 2.35. The summed E-state index contributed by atoms with van der Waals surface area (Å²) in [5.41, 5.74) is 1.13. The van der Waals surface area contributed by atoms with Crippen LogP contribution in [-0.2, 0) is 14.3 Å². The molecule has 0 aliphatic carbocycles. The Hall–Kier alpha value is -3.82. The number of methoxy groups -OCH3 is 1. The van der Waals surface area contributed by atoms with Gasteiger partial charge in [0.2, 0.25) is 5.91 Å². The maximum atomic E-state index is 13.0. The lowest BCUT2D eigenvalue weighted by atomic mass is 10.0. The standard InChI is InChI=1S/C27H23ClN2O6S/c1-3-12-36-26(33)20-14-17(9-10-21(20)28)29-24(31)15-30-25(32)23(37-27(30)34)13-16-8-11-22(35-2)19-7-5-4-6-18(16)19/h4-11,13-14H,3,12,15H2,1-2H3,(H,29,31)/b23-13+. The van der Waals surface area contributed by atoms with Crippen molar-refractivity contribution in [3.8, 4) is 5.75 Å². The van der Waals surface area contributed by atoms with E-state index in [9.17, 15) is 19.2 Å². The van der Waals surface area contributed by atoms with Gasteiger partial charge in [-0.15, -0.1) is 0 Å². The number of imide groups is 1. The van der Waals surface area contributed by atoms with Gasteiger partial charge in [-0.2, -0.15) is 0 Å². The van der Waals surface area contributed by atoms with E-state index in [1.54, 1.807) is 19.3 Å². The fraction of sp³-hybridized carbons (Fsp3) is 0.185. The van der Waals surface area contributed by atoms with Gasteiger partial charge in [0.15, 0.2) is 0 Å². The topological polar surface area (TPSA) is 102 Å². The number of thioether (sulfide) groups is 1. The lowest BCUT2D eigenvalue weighted by Gasteiger charge is -2.13. The minimum Gasteiger partial charge on any atom is -0.496 e. The van der Waals surface area contributed by atoms with Gasteiger partial charge in [-0.05, 0) is 59.5 Å². The molecule has 1 aliphatic heterocycles. The summed E-state index contributed by atoms with van der Waals surface area (Å²) in [5, 5.41) is 3.96. The van der Waals surface area contributed by atoms with Crippen molar-refractivity contribution < 1.29 is 28.7 Å². The molecule has 0 unspecified atom stereocenters. The molecule has 190 valence electrons. The molecule has 1 saturated heterocycles. The molecule has 3 amide bonds. The van der Waals surface area contributed by atoms with Crippen molar-refractivity contribution in [2.75, 3.05) is 25.6 Å². The van der Waals surface area contributed by atoms with E-state index in [2.05, 4.69) is 5.32 Å². The number of carbonyl (C=O) groups is 4. The summed E-state index contributed by atoms with van der Waals surface area (Å²) in [5.74, 6) is -1.08. The molecule has 37 heavy (non-hydrogen) atoms. The highest BCUT2D eigenvalue weighted by molar-refractivity contribution is 8.18. The summed E-state index contributed by atoms with van der Waals surface area (Å²) in [7, 11) is 1.58. The van der Waals surface area contributed by atoms with Crippen LogP contribution >= 0.6 is 23.4 Å². The number of anilines is 1. The molecule has 0 radical (unpaired) electrons. The Balaban J connectivity index is 1.49. The van der Waals surface area contributed by atoms with Crippen LogP contribution in [0.4, 0.5) is 10.5 Å². The molecule has 0 atom stereocenters. The van der Waals surface area contributed by atoms with Crippen molar-refractivity contribution in [2.45, 2.75) is 13.3 Å². The van der Waals surface area contributed by atoms with E-state index in [4.69, 9.17) is 21.1 Å². The first-order chi connectivity index (χ1) is 17.8. The SMILES string of the molecule is CCCOC(=O)c1cc(NC(=O)CN2C(=O)S/C(=C/c3ccc(OC)c4ccccc34)C2=O)ccc1Cl. The maximum Gasteiger partial charge on any atom is 0.339 e. The first-order valence-corrected chi connectivity index (χ1v) is 12.6. The smallest absolute Gasteiger partial charge is 0.339 e. The number of ether oxygens (including phenoxy) is 2. The number of carbonyl (C=O) groups excluding carboxylic acids is 4. The summed E-state index contributed by atoms with van der Waals surface area (Å²) >= 11 is 6.86. The normalized spacial score (nSPS) is 14.4. The van der Waals surface area contributed by atoms with E-state index in [-0.39, 0.29) is 27.8 Å². The second kappa shape index (κ2) is 11.5. The van der Waals surface area contributed by atoms with Crippen LogP contribution in [0.1, 0.15) is 29.3 Å². The highest BCUT2D eigenvalue weighted by Gasteiger charge is 2.36. The second-order valence-corrected chi connectivity index (χ2v) is 9.45. The fourth-order valence-electron chi connectivity index (χ4n) is 3.75. The fourth-order valence-corrected chi connectivity index (χ4v) is 4.78. The van der Waals surface area contributed by atoms with Crippen molar-refractivity contribution >= 4 is 68.9 Å². The summed E-state index contributed by atoms with van der Waals surface area (Å²) in [6, 6.07) is 15.5. The van der Waals surface area contributed by atoms with Gasteiger partial charge in [0.1, 0.15) is 12.3 Å². The number of rotatable bonds is 8. The Kier molecular flexibility index (Phi) is 8.15. The van der Waals surface area contributed by atoms with E-state index in [1.165, 1.54) is 18.2 Å². The lowest BCUT2D eigenvalue weighted by molar-refractivity contribution is -0.127. The number of nitrogens with zero attached hydrogens (tertiary/aromatic N) is 1. The molecular weight excluding hydrogens is 516 g/mol. The number of nitrogens with one attached hydrogen (secondary N) is 1. The summed E-state index contributed by atoms with van der Waals surface area (Å²) in [6.45, 7) is 1.62. The first-order valence-electron chi connectivity index (χ1n) is 11.4. The van der Waals surface area contributed by atoms with Crippen LogP contribution in [0.15, 0.2) is 59.5 Å². The highest BCUT2D eigenvalue weighted by atomic mass is 35.5. The van der Waals surface area contributed by atoms with Gasteiger partial charge in [0, 0.05) is 11.1 Å². The van der Waals surface area contributed by atoms with E-state index in [0.29, 0.717) is 12.2 Å². The third-order valence-electron chi connectivity index (χ3n) is 5.51. The molecule has 3 aromatic rings. The van der Waals surface area contributed by atoms with Gasteiger partial charge >= 0.3 is 5.97 Å². The van der Waals surface area contributed by atoms with Crippen molar-refractivity contribution in [1.29, 1.82) is 0 Å². The Morgan fingerprint density at radius 1 is 1.08 bits per heavy atom. The maximum absolute atomic E-state index is 13.0. The third kappa shape index (κ3) is 5.79. The van der Waals surface area contributed by atoms with Crippen LogP contribution in [0, 0.1) is 0 Å². The van der Waals surface area contributed by atoms with Crippen molar-refractivity contribution in [3.05, 3.63) is 75.7 Å². The Morgan fingerprint density at radius 2 is 1.84 bits per heavy atom. The second-order valence-electron chi connectivity index (χ2n) is 8.05. The molecule has 10 heteroatoms. The molecule has 0 aromatic heterocycles. The average molecular weight is 539 g/mol. The Labute approximate surface area is 222 Å². The number of hydrogen-bond acceptors (Lipinski definition) is 7. The van der Waals surface area contributed by atoms with Crippen LogP contribution < -0.4 is 10.1 Å². The van der Waals surface area contributed by atoms with E-state index < -0.39 is 29.6 Å². The van der Waals surface area contributed by atoms with Crippen molar-refractivity contribution in [3.63, 3.8) is 0 Å². The van der Waals surface area contributed by atoms with Gasteiger partial charge in [0.25, 0.3) is 11.1 Å². The molecule has 0 spiro atoms. The summed E-state index contributed by atoms with van der Waals surface area (Å²) in [4.78, 5) is 51.5. The van der Waals surface area contributed by atoms with Gasteiger partial charge in [-0.25, -0.2) is 4.79 Å². The van der Waals surface area contributed by atoms with E-state index >= 15 is 0 Å². The molecule has 0 saturated carbocycles. The molecule has 3 aromatic carbocycles.